The van der Waals surface area contributed by atoms with Crippen LogP contribution in [0.25, 0.3) is 6.08 Å². The Hall–Kier alpha value is -3.81. The summed E-state index contributed by atoms with van der Waals surface area (Å²) >= 11 is 0. The summed E-state index contributed by atoms with van der Waals surface area (Å²) in [6.07, 6.45) is 8.59. The number of amides is 3. The second-order valence-electron chi connectivity index (χ2n) is 9.70. The van der Waals surface area contributed by atoms with Gasteiger partial charge in [0.05, 0.1) is 18.6 Å². The number of ether oxygens (including phenoxy) is 1. The molecule has 0 saturated carbocycles. The quantitative estimate of drug-likeness (QED) is 0.599. The number of fused-ring (bicyclic) bond motifs is 1. The summed E-state index contributed by atoms with van der Waals surface area (Å²) in [7, 11) is 3.73. The van der Waals surface area contributed by atoms with Crippen LogP contribution in [0.5, 0.6) is 0 Å². The van der Waals surface area contributed by atoms with Gasteiger partial charge in [0.2, 0.25) is 5.91 Å². The first-order valence-electron chi connectivity index (χ1n) is 12.8. The van der Waals surface area contributed by atoms with E-state index in [0.29, 0.717) is 38.1 Å². The summed E-state index contributed by atoms with van der Waals surface area (Å²) in [5.74, 6) is -0.782. The van der Waals surface area contributed by atoms with Crippen molar-refractivity contribution in [1.29, 1.82) is 0 Å². The zero-order chi connectivity index (χ0) is 26.7. The fourth-order valence-electron chi connectivity index (χ4n) is 5.55. The third-order valence-electron chi connectivity index (χ3n) is 7.47. The molecular formula is C29H36N4O4. The number of nitrogens with zero attached hydrogens (tertiary/aromatic N) is 3. The van der Waals surface area contributed by atoms with Gasteiger partial charge in [0.15, 0.2) is 0 Å². The van der Waals surface area contributed by atoms with E-state index in [1.807, 2.05) is 55.1 Å². The highest BCUT2D eigenvalue weighted by atomic mass is 16.6. The van der Waals surface area contributed by atoms with Gasteiger partial charge < -0.3 is 24.4 Å². The van der Waals surface area contributed by atoms with Gasteiger partial charge in [-0.3, -0.25) is 9.59 Å². The standard InChI is InChI=1S/C29H36N4O4/c1-6-8-13-24-19(3)23(18-31(24)4)26-25(21-11-9-10-12-22(21)28(35)32(26)5)27(34)30-20-14-16-33(17-15-20)29(36)37-7-2/h6,8-13,18,20,25-26H,1,7,14-17H2,2-5H3,(H,30,34)/b13-8-. The summed E-state index contributed by atoms with van der Waals surface area (Å²) in [5.41, 5.74) is 4.25. The molecule has 2 atom stereocenters. The number of rotatable bonds is 6. The van der Waals surface area contributed by atoms with E-state index in [4.69, 9.17) is 4.74 Å². The topological polar surface area (TPSA) is 83.9 Å². The second-order valence-corrected chi connectivity index (χ2v) is 9.70. The molecule has 2 aliphatic rings. The first-order chi connectivity index (χ1) is 17.8. The number of aromatic nitrogens is 1. The van der Waals surface area contributed by atoms with Crippen LogP contribution in [0.15, 0.2) is 49.2 Å². The molecule has 1 N–H and O–H groups in total. The number of allylic oxidation sites excluding steroid dienone is 2. The molecule has 37 heavy (non-hydrogen) atoms. The summed E-state index contributed by atoms with van der Waals surface area (Å²) in [4.78, 5) is 42.8. The molecule has 0 radical (unpaired) electrons. The van der Waals surface area contributed by atoms with Crippen molar-refractivity contribution in [2.45, 2.75) is 44.7 Å². The minimum absolute atomic E-state index is 0.0584. The molecule has 0 spiro atoms. The number of piperidine rings is 1. The van der Waals surface area contributed by atoms with E-state index in [1.54, 1.807) is 35.9 Å². The number of likely N-dealkylation sites (tertiary alicyclic amines) is 1. The Morgan fingerprint density at radius 2 is 1.86 bits per heavy atom. The molecule has 0 aliphatic carbocycles. The Balaban J connectivity index is 1.66. The molecule has 1 aromatic heterocycles. The molecule has 3 heterocycles. The third-order valence-corrected chi connectivity index (χ3v) is 7.47. The maximum Gasteiger partial charge on any atom is 0.409 e. The van der Waals surface area contributed by atoms with Gasteiger partial charge in [0, 0.05) is 50.7 Å². The lowest BCUT2D eigenvalue weighted by atomic mass is 9.79. The molecule has 2 aromatic rings. The van der Waals surface area contributed by atoms with Crippen LogP contribution in [0.1, 0.15) is 64.5 Å². The van der Waals surface area contributed by atoms with Crippen molar-refractivity contribution in [3.8, 4) is 0 Å². The highest BCUT2D eigenvalue weighted by molar-refractivity contribution is 6.01. The van der Waals surface area contributed by atoms with Gasteiger partial charge in [0.1, 0.15) is 0 Å². The predicted molar refractivity (Wildman–Crippen MR) is 143 cm³/mol. The zero-order valence-electron chi connectivity index (χ0n) is 22.1. The summed E-state index contributed by atoms with van der Waals surface area (Å²) in [5, 5.41) is 3.24. The van der Waals surface area contributed by atoms with Crippen LogP contribution in [-0.4, -0.2) is 65.1 Å². The summed E-state index contributed by atoms with van der Waals surface area (Å²) < 4.78 is 7.13. The molecule has 2 aliphatic heterocycles. The first kappa shape index (κ1) is 26.3. The van der Waals surface area contributed by atoms with E-state index in [1.165, 1.54) is 0 Å². The number of hydrogen-bond acceptors (Lipinski definition) is 4. The monoisotopic (exact) mass is 504 g/mol. The fourth-order valence-corrected chi connectivity index (χ4v) is 5.55. The lowest BCUT2D eigenvalue weighted by molar-refractivity contribution is -0.125. The van der Waals surface area contributed by atoms with E-state index < -0.39 is 12.0 Å². The van der Waals surface area contributed by atoms with E-state index in [9.17, 15) is 14.4 Å². The van der Waals surface area contributed by atoms with Gasteiger partial charge in [0.25, 0.3) is 5.91 Å². The zero-order valence-corrected chi connectivity index (χ0v) is 22.1. The van der Waals surface area contributed by atoms with Crippen LogP contribution in [-0.2, 0) is 16.6 Å². The van der Waals surface area contributed by atoms with E-state index in [-0.39, 0.29) is 23.9 Å². The highest BCUT2D eigenvalue weighted by Crippen LogP contribution is 2.44. The number of hydrogen-bond donors (Lipinski definition) is 1. The van der Waals surface area contributed by atoms with Gasteiger partial charge in [-0.25, -0.2) is 4.79 Å². The molecule has 2 unspecified atom stereocenters. The largest absolute Gasteiger partial charge is 0.450 e. The van der Waals surface area contributed by atoms with Crippen molar-refractivity contribution in [2.24, 2.45) is 7.05 Å². The van der Waals surface area contributed by atoms with Gasteiger partial charge in [-0.15, -0.1) is 0 Å². The van der Waals surface area contributed by atoms with Gasteiger partial charge in [-0.05, 0) is 55.5 Å². The normalized spacial score (nSPS) is 20.2. The molecule has 1 aromatic carbocycles. The average Bonchev–Trinajstić information content (AvgIpc) is 3.17. The Kier molecular flexibility index (Phi) is 7.86. The predicted octanol–water partition coefficient (Wildman–Crippen LogP) is 4.18. The first-order valence-corrected chi connectivity index (χ1v) is 12.8. The molecule has 4 rings (SSSR count). The molecule has 1 fully saturated rings. The highest BCUT2D eigenvalue weighted by Gasteiger charge is 2.44. The van der Waals surface area contributed by atoms with Crippen LogP contribution in [0.2, 0.25) is 0 Å². The van der Waals surface area contributed by atoms with Crippen LogP contribution in [0.4, 0.5) is 4.79 Å². The molecule has 1 saturated heterocycles. The molecule has 3 amide bonds. The minimum Gasteiger partial charge on any atom is -0.450 e. The average molecular weight is 505 g/mol. The van der Waals surface area contributed by atoms with Crippen LogP contribution < -0.4 is 5.32 Å². The molecule has 0 bridgehead atoms. The summed E-state index contributed by atoms with van der Waals surface area (Å²) in [6, 6.07) is 6.87. The third kappa shape index (κ3) is 5.05. The number of carbonyl (C=O) groups excluding carboxylic acids is 3. The Bertz CT molecular complexity index is 1220. The van der Waals surface area contributed by atoms with Gasteiger partial charge in [-0.1, -0.05) is 36.9 Å². The van der Waals surface area contributed by atoms with Crippen LogP contribution in [0.3, 0.4) is 0 Å². The number of likely N-dealkylation sites (N-methyl/N-ethyl adjacent to an activating group) is 1. The second kappa shape index (κ2) is 11.1. The Morgan fingerprint density at radius 3 is 2.54 bits per heavy atom. The lowest BCUT2D eigenvalue weighted by Crippen LogP contribution is -2.50. The van der Waals surface area contributed by atoms with Crippen molar-refractivity contribution in [3.63, 3.8) is 0 Å². The van der Waals surface area contributed by atoms with E-state index in [2.05, 4.69) is 11.9 Å². The molecule has 8 heteroatoms. The van der Waals surface area contributed by atoms with Crippen molar-refractivity contribution in [1.82, 2.24) is 19.7 Å². The Labute approximate surface area is 218 Å². The number of carbonyl (C=O) groups is 3. The van der Waals surface area contributed by atoms with Crippen LogP contribution >= 0.6 is 0 Å². The summed E-state index contributed by atoms with van der Waals surface area (Å²) in [6.45, 7) is 8.98. The Morgan fingerprint density at radius 1 is 1.16 bits per heavy atom. The lowest BCUT2D eigenvalue weighted by Gasteiger charge is -2.40. The number of aryl methyl sites for hydroxylation is 1. The van der Waals surface area contributed by atoms with Crippen molar-refractivity contribution in [2.75, 3.05) is 26.7 Å². The van der Waals surface area contributed by atoms with Crippen molar-refractivity contribution < 1.29 is 19.1 Å². The molecule has 8 nitrogen and oxygen atoms in total. The molecular weight excluding hydrogens is 468 g/mol. The van der Waals surface area contributed by atoms with Crippen molar-refractivity contribution in [3.05, 3.63) is 77.1 Å². The fraction of sp³-hybridized carbons (Fsp3) is 0.414. The maximum atomic E-state index is 14.0. The smallest absolute Gasteiger partial charge is 0.409 e. The van der Waals surface area contributed by atoms with Crippen molar-refractivity contribution >= 4 is 24.0 Å². The van der Waals surface area contributed by atoms with E-state index in [0.717, 1.165) is 22.4 Å². The maximum absolute atomic E-state index is 14.0. The number of nitrogens with one attached hydrogen (secondary N) is 1. The number of benzene rings is 1. The van der Waals surface area contributed by atoms with Gasteiger partial charge in [-0.2, -0.15) is 0 Å². The SMILES string of the molecule is C=C/C=C\c1c(C)c(C2C(C(=O)NC3CCN(C(=O)OCC)CC3)c3ccccc3C(=O)N2C)cn1C. The van der Waals surface area contributed by atoms with Gasteiger partial charge >= 0.3 is 6.09 Å². The minimum atomic E-state index is -0.570. The van der Waals surface area contributed by atoms with Crippen LogP contribution in [0, 0.1) is 6.92 Å². The molecule has 196 valence electrons. The van der Waals surface area contributed by atoms with E-state index >= 15 is 0 Å².